The second-order valence-electron chi connectivity index (χ2n) is 5.27. The monoisotopic (exact) mass is 305 g/mol. The summed E-state index contributed by atoms with van der Waals surface area (Å²) < 4.78 is 28.4. The van der Waals surface area contributed by atoms with Gasteiger partial charge in [-0.3, -0.25) is 9.59 Å². The average molecular weight is 305 g/mol. The van der Waals surface area contributed by atoms with Gasteiger partial charge in [-0.25, -0.2) is 8.42 Å². The van der Waals surface area contributed by atoms with E-state index in [-0.39, 0.29) is 11.5 Å². The molecule has 2 aliphatic rings. The molecule has 0 aliphatic carbocycles. The van der Waals surface area contributed by atoms with E-state index in [2.05, 4.69) is 0 Å². The van der Waals surface area contributed by atoms with Crippen LogP contribution in [0.1, 0.15) is 25.7 Å². The molecule has 1 N–H and O–H groups in total. The maximum absolute atomic E-state index is 12.4. The van der Waals surface area contributed by atoms with Gasteiger partial charge >= 0.3 is 5.97 Å². The normalized spacial score (nSPS) is 29.0. The quantitative estimate of drug-likeness (QED) is 0.762. The Morgan fingerprint density at radius 2 is 2.00 bits per heavy atom. The number of carbonyl (C=O) groups excluding carboxylic acids is 1. The summed E-state index contributed by atoms with van der Waals surface area (Å²) in [5.41, 5.74) is 0. The molecule has 2 aliphatic heterocycles. The number of carboxylic acid groups (broad SMARTS) is 1. The first kappa shape index (κ1) is 15.2. The van der Waals surface area contributed by atoms with Gasteiger partial charge in [0.25, 0.3) is 5.91 Å². The van der Waals surface area contributed by atoms with Gasteiger partial charge in [0.1, 0.15) is 12.6 Å². The molecule has 114 valence electrons. The number of aliphatic carboxylic acids is 1. The fourth-order valence-electron chi connectivity index (χ4n) is 2.67. The first-order valence-electron chi connectivity index (χ1n) is 6.73. The Balaban J connectivity index is 2.10. The molecule has 0 spiro atoms. The lowest BCUT2D eigenvalue weighted by atomic mass is 10.1. The van der Waals surface area contributed by atoms with Crippen LogP contribution in [-0.2, 0) is 24.2 Å². The third-order valence-corrected chi connectivity index (χ3v) is 5.44. The summed E-state index contributed by atoms with van der Waals surface area (Å²) in [7, 11) is -3.17. The van der Waals surface area contributed by atoms with E-state index in [9.17, 15) is 18.0 Å². The summed E-state index contributed by atoms with van der Waals surface area (Å²) in [4.78, 5) is 24.5. The number of nitrogens with zero attached hydrogens (tertiary/aromatic N) is 1. The lowest BCUT2D eigenvalue weighted by Gasteiger charge is -2.31. The summed E-state index contributed by atoms with van der Waals surface area (Å²) in [6, 6.07) is -0.547. The smallest absolute Gasteiger partial charge is 0.323 e. The zero-order chi connectivity index (χ0) is 14.8. The molecule has 0 aromatic carbocycles. The first-order chi connectivity index (χ1) is 9.39. The van der Waals surface area contributed by atoms with E-state index in [1.54, 1.807) is 0 Å². The van der Waals surface area contributed by atoms with Crippen molar-refractivity contribution in [3.63, 3.8) is 0 Å². The van der Waals surface area contributed by atoms with Crippen molar-refractivity contribution in [2.75, 3.05) is 24.7 Å². The van der Waals surface area contributed by atoms with Crippen LogP contribution in [-0.4, -0.2) is 67.1 Å². The number of carboxylic acids is 1. The van der Waals surface area contributed by atoms with E-state index in [0.717, 1.165) is 12.8 Å². The summed E-state index contributed by atoms with van der Waals surface area (Å²) in [5.74, 6) is -1.68. The number of rotatable bonds is 4. The van der Waals surface area contributed by atoms with Gasteiger partial charge in [-0.1, -0.05) is 0 Å². The maximum Gasteiger partial charge on any atom is 0.323 e. The molecule has 2 heterocycles. The average Bonchev–Trinajstić information content (AvgIpc) is 2.76. The van der Waals surface area contributed by atoms with Crippen LogP contribution in [0.3, 0.4) is 0 Å². The molecule has 0 aromatic heterocycles. The van der Waals surface area contributed by atoms with Crippen LogP contribution in [0.25, 0.3) is 0 Å². The van der Waals surface area contributed by atoms with Crippen molar-refractivity contribution >= 4 is 21.7 Å². The largest absolute Gasteiger partial charge is 0.480 e. The van der Waals surface area contributed by atoms with Crippen molar-refractivity contribution in [3.05, 3.63) is 0 Å². The van der Waals surface area contributed by atoms with Crippen LogP contribution < -0.4 is 0 Å². The third-order valence-electron chi connectivity index (χ3n) is 3.69. The van der Waals surface area contributed by atoms with Gasteiger partial charge in [-0.15, -0.1) is 0 Å². The molecule has 2 rings (SSSR count). The molecule has 2 atom stereocenters. The summed E-state index contributed by atoms with van der Waals surface area (Å²) in [6.07, 6.45) is 1.98. The SMILES string of the molecule is O=C(O)CN(C(=O)C1CCCCO1)C1CCS(=O)(=O)C1. The van der Waals surface area contributed by atoms with E-state index in [1.165, 1.54) is 4.90 Å². The minimum atomic E-state index is -3.17. The Hall–Kier alpha value is -1.15. The fraction of sp³-hybridized carbons (Fsp3) is 0.833. The van der Waals surface area contributed by atoms with Crippen LogP contribution >= 0.6 is 0 Å². The molecule has 8 heteroatoms. The molecule has 0 radical (unpaired) electrons. The predicted molar refractivity (Wildman–Crippen MR) is 70.0 cm³/mol. The molecule has 2 unspecified atom stereocenters. The van der Waals surface area contributed by atoms with Gasteiger partial charge in [0, 0.05) is 12.6 Å². The van der Waals surface area contributed by atoms with Gasteiger partial charge in [-0.2, -0.15) is 0 Å². The zero-order valence-corrected chi connectivity index (χ0v) is 12.0. The highest BCUT2D eigenvalue weighted by Gasteiger charge is 2.38. The number of hydrogen-bond donors (Lipinski definition) is 1. The lowest BCUT2D eigenvalue weighted by molar-refractivity contribution is -0.154. The summed E-state index contributed by atoms with van der Waals surface area (Å²) in [5, 5.41) is 8.94. The highest BCUT2D eigenvalue weighted by atomic mass is 32.2. The van der Waals surface area contributed by atoms with Crippen molar-refractivity contribution in [1.82, 2.24) is 4.90 Å². The number of ether oxygens (including phenoxy) is 1. The Morgan fingerprint density at radius 1 is 1.25 bits per heavy atom. The number of amides is 1. The van der Waals surface area contributed by atoms with Crippen molar-refractivity contribution in [2.24, 2.45) is 0 Å². The second kappa shape index (κ2) is 6.09. The van der Waals surface area contributed by atoms with E-state index in [4.69, 9.17) is 9.84 Å². The number of carbonyl (C=O) groups is 2. The van der Waals surface area contributed by atoms with Crippen molar-refractivity contribution in [2.45, 2.75) is 37.8 Å². The standard InChI is InChI=1S/C12H19NO6S/c14-11(15)7-13(9-4-6-20(17,18)8-9)12(16)10-3-1-2-5-19-10/h9-10H,1-8H2,(H,14,15). The van der Waals surface area contributed by atoms with Crippen LogP contribution in [0.15, 0.2) is 0 Å². The lowest BCUT2D eigenvalue weighted by Crippen LogP contribution is -2.49. The fourth-order valence-corrected chi connectivity index (χ4v) is 4.41. The van der Waals surface area contributed by atoms with Crippen LogP contribution in [0.4, 0.5) is 0 Å². The molecule has 7 nitrogen and oxygen atoms in total. The maximum atomic E-state index is 12.4. The van der Waals surface area contributed by atoms with Crippen LogP contribution in [0, 0.1) is 0 Å². The Morgan fingerprint density at radius 3 is 2.50 bits per heavy atom. The Labute approximate surface area is 117 Å². The zero-order valence-electron chi connectivity index (χ0n) is 11.2. The molecular formula is C12H19NO6S. The Kier molecular flexibility index (Phi) is 4.64. The minimum Gasteiger partial charge on any atom is -0.480 e. The van der Waals surface area contributed by atoms with Crippen molar-refractivity contribution < 1.29 is 27.9 Å². The van der Waals surface area contributed by atoms with E-state index < -0.39 is 40.4 Å². The van der Waals surface area contributed by atoms with Gasteiger partial charge in [-0.05, 0) is 25.7 Å². The van der Waals surface area contributed by atoms with Gasteiger partial charge in [0.15, 0.2) is 9.84 Å². The molecular weight excluding hydrogens is 286 g/mol. The molecule has 0 saturated carbocycles. The molecule has 0 aromatic rings. The number of hydrogen-bond acceptors (Lipinski definition) is 5. The topological polar surface area (TPSA) is 101 Å². The third kappa shape index (κ3) is 3.69. The molecule has 1 amide bonds. The van der Waals surface area contributed by atoms with Gasteiger partial charge in [0.05, 0.1) is 11.5 Å². The highest BCUT2D eigenvalue weighted by Crippen LogP contribution is 2.22. The summed E-state index contributed by atoms with van der Waals surface area (Å²) >= 11 is 0. The van der Waals surface area contributed by atoms with Crippen molar-refractivity contribution in [3.8, 4) is 0 Å². The second-order valence-corrected chi connectivity index (χ2v) is 7.50. The Bertz CT molecular complexity index is 482. The van der Waals surface area contributed by atoms with E-state index >= 15 is 0 Å². The molecule has 2 saturated heterocycles. The predicted octanol–water partition coefficient (Wildman–Crippen LogP) is -0.344. The van der Waals surface area contributed by atoms with Crippen molar-refractivity contribution in [1.29, 1.82) is 0 Å². The first-order valence-corrected chi connectivity index (χ1v) is 8.55. The van der Waals surface area contributed by atoms with E-state index in [0.29, 0.717) is 19.4 Å². The van der Waals surface area contributed by atoms with E-state index in [1.807, 2.05) is 0 Å². The molecule has 0 bridgehead atoms. The number of sulfone groups is 1. The molecule has 20 heavy (non-hydrogen) atoms. The minimum absolute atomic E-state index is 0.00654. The van der Waals surface area contributed by atoms with Gasteiger partial charge < -0.3 is 14.7 Å². The van der Waals surface area contributed by atoms with Gasteiger partial charge in [0.2, 0.25) is 0 Å². The van der Waals surface area contributed by atoms with Crippen LogP contribution in [0.5, 0.6) is 0 Å². The van der Waals surface area contributed by atoms with Crippen LogP contribution in [0.2, 0.25) is 0 Å². The highest BCUT2D eigenvalue weighted by molar-refractivity contribution is 7.91. The molecule has 2 fully saturated rings. The summed E-state index contributed by atoms with van der Waals surface area (Å²) in [6.45, 7) is 0.0131.